The van der Waals surface area contributed by atoms with Gasteiger partial charge >= 0.3 is 0 Å². The number of pyridine rings is 1. The largest absolute Gasteiger partial charge is 0.353 e. The molecule has 0 saturated heterocycles. The first-order valence-electron chi connectivity index (χ1n) is 8.64. The number of halogens is 2. The molecule has 2 heterocycles. The van der Waals surface area contributed by atoms with Gasteiger partial charge in [0, 0.05) is 31.0 Å². The van der Waals surface area contributed by atoms with Crippen LogP contribution in [-0.2, 0) is 13.0 Å². The molecule has 136 valence electrons. The average Bonchev–Trinajstić information content (AvgIpc) is 2.69. The van der Waals surface area contributed by atoms with E-state index in [1.54, 1.807) is 17.0 Å². The SMILES string of the molecule is O=C(c1cc(Nc2ccc(F)cc2F)ccn1)N1CCc2ccccc2C1. The summed E-state index contributed by atoms with van der Waals surface area (Å²) >= 11 is 0. The van der Waals surface area contributed by atoms with Crippen LogP contribution in [0.3, 0.4) is 0 Å². The first-order chi connectivity index (χ1) is 13.1. The third-order valence-electron chi connectivity index (χ3n) is 4.61. The van der Waals surface area contributed by atoms with E-state index in [-0.39, 0.29) is 17.3 Å². The first kappa shape index (κ1) is 17.1. The lowest BCUT2D eigenvalue weighted by atomic mass is 10.00. The van der Waals surface area contributed by atoms with Gasteiger partial charge in [0.1, 0.15) is 17.3 Å². The molecule has 4 nitrogen and oxygen atoms in total. The second kappa shape index (κ2) is 7.15. The summed E-state index contributed by atoms with van der Waals surface area (Å²) in [5.41, 5.74) is 3.32. The number of fused-ring (bicyclic) bond motifs is 1. The lowest BCUT2D eigenvalue weighted by molar-refractivity contribution is 0.0729. The minimum Gasteiger partial charge on any atom is -0.353 e. The molecule has 2 aromatic carbocycles. The van der Waals surface area contributed by atoms with Crippen molar-refractivity contribution in [3.8, 4) is 0 Å². The van der Waals surface area contributed by atoms with Crippen LogP contribution < -0.4 is 5.32 Å². The van der Waals surface area contributed by atoms with Crippen LogP contribution >= 0.6 is 0 Å². The van der Waals surface area contributed by atoms with Crippen LogP contribution in [0.5, 0.6) is 0 Å². The minimum absolute atomic E-state index is 0.132. The molecule has 6 heteroatoms. The van der Waals surface area contributed by atoms with Gasteiger partial charge in [0.05, 0.1) is 5.69 Å². The van der Waals surface area contributed by atoms with Crippen LogP contribution in [0.2, 0.25) is 0 Å². The Kier molecular flexibility index (Phi) is 4.54. The number of nitrogens with one attached hydrogen (secondary N) is 1. The maximum atomic E-state index is 13.8. The highest BCUT2D eigenvalue weighted by atomic mass is 19.1. The molecule has 0 radical (unpaired) electrons. The van der Waals surface area contributed by atoms with E-state index in [2.05, 4.69) is 16.4 Å². The van der Waals surface area contributed by atoms with Crippen LogP contribution in [0.15, 0.2) is 60.8 Å². The van der Waals surface area contributed by atoms with E-state index in [0.29, 0.717) is 18.8 Å². The molecule has 3 aromatic rings. The number of carbonyl (C=O) groups is 1. The van der Waals surface area contributed by atoms with Crippen LogP contribution in [0.25, 0.3) is 0 Å². The summed E-state index contributed by atoms with van der Waals surface area (Å²) in [4.78, 5) is 18.8. The number of hydrogen-bond acceptors (Lipinski definition) is 3. The highest BCUT2D eigenvalue weighted by Crippen LogP contribution is 2.23. The van der Waals surface area contributed by atoms with Gasteiger partial charge in [-0.1, -0.05) is 24.3 Å². The van der Waals surface area contributed by atoms with E-state index < -0.39 is 11.6 Å². The predicted molar refractivity (Wildman–Crippen MR) is 98.8 cm³/mol. The van der Waals surface area contributed by atoms with Crippen LogP contribution in [0.1, 0.15) is 21.6 Å². The average molecular weight is 365 g/mol. The molecule has 0 aliphatic carbocycles. The summed E-state index contributed by atoms with van der Waals surface area (Å²) in [6.07, 6.45) is 2.30. The standard InChI is InChI=1S/C21H17F2N3O/c22-16-5-6-19(18(23)11-16)25-17-7-9-24-20(12-17)21(27)26-10-8-14-3-1-2-4-15(14)13-26/h1-7,9,11-12H,8,10,13H2,(H,24,25). The monoisotopic (exact) mass is 365 g/mol. The number of benzene rings is 2. The van der Waals surface area contributed by atoms with E-state index in [1.165, 1.54) is 23.9 Å². The molecule has 27 heavy (non-hydrogen) atoms. The molecule has 1 aliphatic heterocycles. The number of nitrogens with zero attached hydrogens (tertiary/aromatic N) is 2. The fraction of sp³-hybridized carbons (Fsp3) is 0.143. The minimum atomic E-state index is -0.702. The van der Waals surface area contributed by atoms with E-state index in [9.17, 15) is 13.6 Å². The molecule has 0 atom stereocenters. The van der Waals surface area contributed by atoms with Gasteiger partial charge in [0.15, 0.2) is 0 Å². The zero-order valence-electron chi connectivity index (χ0n) is 14.5. The Bertz CT molecular complexity index is 1010. The molecule has 0 spiro atoms. The Morgan fingerprint density at radius 3 is 2.67 bits per heavy atom. The van der Waals surface area contributed by atoms with E-state index in [4.69, 9.17) is 0 Å². The van der Waals surface area contributed by atoms with Crippen molar-refractivity contribution in [2.75, 3.05) is 11.9 Å². The van der Waals surface area contributed by atoms with Crippen molar-refractivity contribution >= 4 is 17.3 Å². The fourth-order valence-corrected chi connectivity index (χ4v) is 3.20. The van der Waals surface area contributed by atoms with Gasteiger partial charge in [-0.15, -0.1) is 0 Å². The van der Waals surface area contributed by atoms with Crippen molar-refractivity contribution in [2.24, 2.45) is 0 Å². The zero-order chi connectivity index (χ0) is 18.8. The van der Waals surface area contributed by atoms with Crippen molar-refractivity contribution in [1.82, 2.24) is 9.88 Å². The third-order valence-corrected chi connectivity index (χ3v) is 4.61. The van der Waals surface area contributed by atoms with Crippen molar-refractivity contribution in [3.63, 3.8) is 0 Å². The molecule has 0 saturated carbocycles. The summed E-state index contributed by atoms with van der Waals surface area (Å²) in [5.74, 6) is -1.52. The van der Waals surface area contributed by atoms with Gasteiger partial charge in [-0.3, -0.25) is 9.78 Å². The van der Waals surface area contributed by atoms with Gasteiger partial charge in [-0.2, -0.15) is 0 Å². The van der Waals surface area contributed by atoms with Crippen LogP contribution in [-0.4, -0.2) is 22.3 Å². The third kappa shape index (κ3) is 3.65. The summed E-state index contributed by atoms with van der Waals surface area (Å²) in [7, 11) is 0. The normalized spacial score (nSPS) is 13.2. The highest BCUT2D eigenvalue weighted by Gasteiger charge is 2.22. The fourth-order valence-electron chi connectivity index (χ4n) is 3.20. The Morgan fingerprint density at radius 1 is 1.04 bits per heavy atom. The Morgan fingerprint density at radius 2 is 1.85 bits per heavy atom. The Labute approximate surface area is 155 Å². The summed E-state index contributed by atoms with van der Waals surface area (Å²) in [5, 5.41) is 2.86. The second-order valence-corrected chi connectivity index (χ2v) is 6.42. The number of anilines is 2. The molecule has 1 N–H and O–H groups in total. The van der Waals surface area contributed by atoms with Gasteiger partial charge in [-0.05, 0) is 41.8 Å². The maximum absolute atomic E-state index is 13.8. The summed E-state index contributed by atoms with van der Waals surface area (Å²) in [6, 6.07) is 14.6. The molecule has 0 unspecified atom stereocenters. The second-order valence-electron chi connectivity index (χ2n) is 6.42. The molecule has 1 amide bonds. The predicted octanol–water partition coefficient (Wildman–Crippen LogP) is 4.30. The number of rotatable bonds is 3. The van der Waals surface area contributed by atoms with Gasteiger partial charge in [0.25, 0.3) is 5.91 Å². The maximum Gasteiger partial charge on any atom is 0.272 e. The first-order valence-corrected chi connectivity index (χ1v) is 8.64. The van der Waals surface area contributed by atoms with Crippen molar-refractivity contribution in [3.05, 3.63) is 89.2 Å². The lowest BCUT2D eigenvalue weighted by Gasteiger charge is -2.28. The van der Waals surface area contributed by atoms with Crippen molar-refractivity contribution in [1.29, 1.82) is 0 Å². The Hall–Kier alpha value is -3.28. The van der Waals surface area contributed by atoms with E-state index >= 15 is 0 Å². The van der Waals surface area contributed by atoms with Crippen LogP contribution in [0.4, 0.5) is 20.2 Å². The number of hydrogen-bond donors (Lipinski definition) is 1. The molecule has 0 fully saturated rings. The smallest absolute Gasteiger partial charge is 0.272 e. The molecule has 1 aromatic heterocycles. The summed E-state index contributed by atoms with van der Waals surface area (Å²) in [6.45, 7) is 1.17. The molecular weight excluding hydrogens is 348 g/mol. The van der Waals surface area contributed by atoms with Crippen molar-refractivity contribution < 1.29 is 13.6 Å². The molecule has 1 aliphatic rings. The lowest BCUT2D eigenvalue weighted by Crippen LogP contribution is -2.36. The van der Waals surface area contributed by atoms with E-state index in [1.807, 2.05) is 18.2 Å². The summed E-state index contributed by atoms with van der Waals surface area (Å²) < 4.78 is 26.9. The number of carbonyl (C=O) groups excluding carboxylic acids is 1. The quantitative estimate of drug-likeness (QED) is 0.753. The highest BCUT2D eigenvalue weighted by molar-refractivity contribution is 5.93. The van der Waals surface area contributed by atoms with Gasteiger partial charge in [0.2, 0.25) is 0 Å². The van der Waals surface area contributed by atoms with Crippen molar-refractivity contribution in [2.45, 2.75) is 13.0 Å². The van der Waals surface area contributed by atoms with Crippen LogP contribution in [0, 0.1) is 11.6 Å². The number of aromatic nitrogens is 1. The zero-order valence-corrected chi connectivity index (χ0v) is 14.5. The number of amides is 1. The Balaban J connectivity index is 1.53. The molecule has 4 rings (SSSR count). The molecule has 0 bridgehead atoms. The van der Waals surface area contributed by atoms with Gasteiger partial charge in [-0.25, -0.2) is 8.78 Å². The topological polar surface area (TPSA) is 45.2 Å². The molecular formula is C21H17F2N3O. The van der Waals surface area contributed by atoms with E-state index in [0.717, 1.165) is 18.1 Å². The van der Waals surface area contributed by atoms with Gasteiger partial charge < -0.3 is 10.2 Å².